The Labute approximate surface area is 230 Å². The normalized spacial score (nSPS) is 14.8. The van der Waals surface area contributed by atoms with Gasteiger partial charge in [-0.3, -0.25) is 14.9 Å². The van der Waals surface area contributed by atoms with Crippen molar-refractivity contribution in [3.63, 3.8) is 0 Å². The van der Waals surface area contributed by atoms with Crippen molar-refractivity contribution >= 4 is 68.1 Å². The van der Waals surface area contributed by atoms with Gasteiger partial charge in [-0.1, -0.05) is 45.8 Å². The van der Waals surface area contributed by atoms with Gasteiger partial charge in [0.1, 0.15) is 12.2 Å². The van der Waals surface area contributed by atoms with Crippen LogP contribution in [-0.2, 0) is 16.2 Å². The zero-order valence-corrected chi connectivity index (χ0v) is 23.5. The van der Waals surface area contributed by atoms with Crippen molar-refractivity contribution in [2.24, 2.45) is 0 Å². The van der Waals surface area contributed by atoms with Crippen LogP contribution in [0.1, 0.15) is 22.3 Å². The molecular weight excluding hydrogens is 639 g/mol. The second-order valence-corrected chi connectivity index (χ2v) is 10.3. The number of halogens is 2. The summed E-state index contributed by atoms with van der Waals surface area (Å²) >= 11 is 5.50. The molecule has 1 aliphatic rings. The van der Waals surface area contributed by atoms with Crippen LogP contribution in [0.15, 0.2) is 64.6 Å². The number of amides is 4. The van der Waals surface area contributed by atoms with E-state index in [4.69, 9.17) is 9.47 Å². The van der Waals surface area contributed by atoms with E-state index in [2.05, 4.69) is 43.8 Å². The minimum atomic E-state index is -0.792. The first-order chi connectivity index (χ1) is 17.2. The molecule has 1 saturated heterocycles. The number of ether oxygens (including phenoxy) is 2. The molecule has 0 saturated carbocycles. The van der Waals surface area contributed by atoms with Gasteiger partial charge in [0.05, 0.1) is 16.4 Å². The van der Waals surface area contributed by atoms with Gasteiger partial charge in [-0.2, -0.15) is 0 Å². The van der Waals surface area contributed by atoms with Gasteiger partial charge in [0.25, 0.3) is 11.8 Å². The van der Waals surface area contributed by atoms with Gasteiger partial charge in [0.2, 0.25) is 0 Å². The molecule has 0 atom stereocenters. The number of nitrogens with one attached hydrogen (secondary N) is 1. The first-order valence-corrected chi connectivity index (χ1v) is 12.8. The molecule has 0 aliphatic carbocycles. The Morgan fingerprint density at radius 3 is 2.53 bits per heavy atom. The largest absolute Gasteiger partial charge is 0.493 e. The second kappa shape index (κ2) is 10.8. The summed E-state index contributed by atoms with van der Waals surface area (Å²) in [7, 11) is 1.52. The second-order valence-electron chi connectivity index (χ2n) is 8.20. The zero-order valence-electron chi connectivity index (χ0n) is 19.7. The van der Waals surface area contributed by atoms with Gasteiger partial charge in [0.15, 0.2) is 11.5 Å². The lowest BCUT2D eigenvalue weighted by molar-refractivity contribution is -0.122. The summed E-state index contributed by atoms with van der Waals surface area (Å²) in [6.07, 6.45) is 1.44. The lowest BCUT2D eigenvalue weighted by Gasteiger charge is -2.27. The smallest absolute Gasteiger partial charge is 0.335 e. The average molecular weight is 661 g/mol. The van der Waals surface area contributed by atoms with E-state index in [1.165, 1.54) is 13.2 Å². The van der Waals surface area contributed by atoms with Crippen LogP contribution in [0.5, 0.6) is 11.5 Å². The molecule has 9 heteroatoms. The fraction of sp³-hybridized carbons (Fsp3) is 0.148. The molecule has 0 unspecified atom stereocenters. The monoisotopic (exact) mass is 660 g/mol. The number of methoxy groups -OCH3 is 1. The first-order valence-electron chi connectivity index (χ1n) is 10.9. The predicted molar refractivity (Wildman–Crippen MR) is 149 cm³/mol. The molecule has 36 heavy (non-hydrogen) atoms. The molecule has 3 aromatic carbocycles. The van der Waals surface area contributed by atoms with Crippen molar-refractivity contribution in [1.29, 1.82) is 0 Å². The van der Waals surface area contributed by atoms with E-state index in [1.54, 1.807) is 37.3 Å². The van der Waals surface area contributed by atoms with Gasteiger partial charge in [-0.15, -0.1) is 0 Å². The number of carbonyl (C=O) groups is 3. The number of urea groups is 1. The number of hydrogen-bond donors (Lipinski definition) is 1. The van der Waals surface area contributed by atoms with E-state index >= 15 is 0 Å². The summed E-state index contributed by atoms with van der Waals surface area (Å²) < 4.78 is 13.1. The number of aryl methyl sites for hydroxylation is 2. The average Bonchev–Trinajstić information content (AvgIpc) is 2.82. The quantitative estimate of drug-likeness (QED) is 0.202. The number of rotatable bonds is 6. The van der Waals surface area contributed by atoms with Crippen molar-refractivity contribution in [2.75, 3.05) is 12.0 Å². The van der Waals surface area contributed by atoms with Crippen molar-refractivity contribution in [1.82, 2.24) is 5.32 Å². The number of carbonyl (C=O) groups excluding carboxylic acids is 3. The van der Waals surface area contributed by atoms with Gasteiger partial charge in [0, 0.05) is 4.47 Å². The van der Waals surface area contributed by atoms with Crippen LogP contribution in [0.25, 0.3) is 6.08 Å². The number of nitrogens with zero attached hydrogens (tertiary/aromatic N) is 1. The van der Waals surface area contributed by atoms with E-state index in [0.29, 0.717) is 34.9 Å². The fourth-order valence-corrected chi connectivity index (χ4v) is 5.09. The Morgan fingerprint density at radius 1 is 1.06 bits per heavy atom. The molecular formula is C27H22BrIN2O5. The molecule has 0 aromatic heterocycles. The van der Waals surface area contributed by atoms with E-state index < -0.39 is 17.8 Å². The van der Waals surface area contributed by atoms with Gasteiger partial charge in [-0.05, 0) is 89.5 Å². The number of imide groups is 2. The summed E-state index contributed by atoms with van der Waals surface area (Å²) in [4.78, 5) is 39.4. The summed E-state index contributed by atoms with van der Waals surface area (Å²) in [6.45, 7) is 4.16. The van der Waals surface area contributed by atoms with Crippen LogP contribution in [0.3, 0.4) is 0 Å². The van der Waals surface area contributed by atoms with Crippen molar-refractivity contribution in [3.8, 4) is 11.5 Å². The molecule has 0 bridgehead atoms. The molecule has 1 aliphatic heterocycles. The fourth-order valence-electron chi connectivity index (χ4n) is 3.83. The number of hydrogen-bond acceptors (Lipinski definition) is 5. The Kier molecular flexibility index (Phi) is 7.79. The van der Waals surface area contributed by atoms with Crippen LogP contribution < -0.4 is 19.7 Å². The third-order valence-corrected chi connectivity index (χ3v) is 6.82. The third kappa shape index (κ3) is 5.46. The molecule has 1 fully saturated rings. The lowest BCUT2D eigenvalue weighted by atomic mass is 10.1. The molecule has 1 heterocycles. The van der Waals surface area contributed by atoms with Crippen molar-refractivity contribution < 1.29 is 23.9 Å². The highest BCUT2D eigenvalue weighted by Crippen LogP contribution is 2.36. The predicted octanol–water partition coefficient (Wildman–Crippen LogP) is 5.92. The first kappa shape index (κ1) is 25.9. The van der Waals surface area contributed by atoms with Gasteiger partial charge < -0.3 is 9.47 Å². The molecule has 1 N–H and O–H groups in total. The summed E-state index contributed by atoms with van der Waals surface area (Å²) in [5.74, 6) is -0.446. The molecule has 184 valence electrons. The third-order valence-electron chi connectivity index (χ3n) is 5.53. The molecule has 0 spiro atoms. The van der Waals surface area contributed by atoms with Gasteiger partial charge >= 0.3 is 6.03 Å². The van der Waals surface area contributed by atoms with E-state index in [-0.39, 0.29) is 5.57 Å². The maximum absolute atomic E-state index is 13.3. The standard InChI is InChI=1S/C27H22BrIN2O5/c1-15-5-4-6-17(9-15)14-36-24-21(29)12-18(13-23(24)35-3)11-20-25(32)30-27(34)31(26(20)33)22-8-7-19(28)10-16(22)2/h4-13H,14H2,1-3H3,(H,30,32,34)/b20-11-. The molecule has 4 amide bonds. The Hall–Kier alpha value is -3.18. The summed E-state index contributed by atoms with van der Waals surface area (Å²) in [5.41, 5.74) is 3.65. The molecule has 4 rings (SSSR count). The maximum atomic E-state index is 13.3. The molecule has 3 aromatic rings. The molecule has 0 radical (unpaired) electrons. The summed E-state index contributed by atoms with van der Waals surface area (Å²) in [5, 5.41) is 2.26. The minimum Gasteiger partial charge on any atom is -0.493 e. The Bertz CT molecular complexity index is 1420. The highest BCUT2D eigenvalue weighted by Gasteiger charge is 2.37. The molecule has 7 nitrogen and oxygen atoms in total. The maximum Gasteiger partial charge on any atom is 0.335 e. The lowest BCUT2D eigenvalue weighted by Crippen LogP contribution is -2.54. The highest BCUT2D eigenvalue weighted by molar-refractivity contribution is 14.1. The van der Waals surface area contributed by atoms with E-state index in [1.807, 2.05) is 31.2 Å². The van der Waals surface area contributed by atoms with Crippen LogP contribution in [0.4, 0.5) is 10.5 Å². The number of barbiturate groups is 1. The van der Waals surface area contributed by atoms with E-state index in [0.717, 1.165) is 24.1 Å². The highest BCUT2D eigenvalue weighted by atomic mass is 127. The van der Waals surface area contributed by atoms with Gasteiger partial charge in [-0.25, -0.2) is 9.69 Å². The van der Waals surface area contributed by atoms with Crippen LogP contribution in [0.2, 0.25) is 0 Å². The summed E-state index contributed by atoms with van der Waals surface area (Å²) in [6, 6.07) is 15.9. The number of anilines is 1. The Morgan fingerprint density at radius 2 is 1.83 bits per heavy atom. The zero-order chi connectivity index (χ0) is 26.0. The van der Waals surface area contributed by atoms with Crippen molar-refractivity contribution in [2.45, 2.75) is 20.5 Å². The Balaban J connectivity index is 1.66. The topological polar surface area (TPSA) is 84.9 Å². The van der Waals surface area contributed by atoms with Crippen LogP contribution in [-0.4, -0.2) is 25.0 Å². The number of benzene rings is 3. The SMILES string of the molecule is COc1cc(/C=C2/C(=O)NC(=O)N(c3ccc(Br)cc3C)C2=O)cc(I)c1OCc1cccc(C)c1. The van der Waals surface area contributed by atoms with E-state index in [9.17, 15) is 14.4 Å². The minimum absolute atomic E-state index is 0.164. The van der Waals surface area contributed by atoms with Crippen LogP contribution >= 0.6 is 38.5 Å². The van der Waals surface area contributed by atoms with Crippen LogP contribution in [0, 0.1) is 17.4 Å². The van der Waals surface area contributed by atoms with Crippen molar-refractivity contribution in [3.05, 3.63) is 90.5 Å².